The zero-order valence-corrected chi connectivity index (χ0v) is 8.16. The molecule has 0 spiro atoms. The Balaban J connectivity index is 2.94. The molecule has 1 atom stereocenters. The van der Waals surface area contributed by atoms with Crippen molar-refractivity contribution in [3.05, 3.63) is 35.4 Å². The van der Waals surface area contributed by atoms with E-state index in [1.54, 1.807) is 0 Å². The van der Waals surface area contributed by atoms with Crippen LogP contribution >= 0.6 is 0 Å². The number of hydrogen-bond acceptors (Lipinski definition) is 2. The standard InChI is InChI=1S/C10H10F3NO2/c11-10(12,13)9(14)7-3-1-2-6(4-7)5-8(15)16/h1-4,9H,5,14H2,(H,15,16)/t9-/m0/s1. The van der Waals surface area contributed by atoms with Crippen LogP contribution in [0.3, 0.4) is 0 Å². The minimum absolute atomic E-state index is 0.133. The van der Waals surface area contributed by atoms with Gasteiger partial charge in [-0.25, -0.2) is 0 Å². The Labute approximate surface area is 89.7 Å². The van der Waals surface area contributed by atoms with Gasteiger partial charge < -0.3 is 10.8 Å². The van der Waals surface area contributed by atoms with E-state index in [1.165, 1.54) is 18.2 Å². The fourth-order valence-corrected chi connectivity index (χ4v) is 1.26. The Morgan fingerprint density at radius 2 is 2.06 bits per heavy atom. The van der Waals surface area contributed by atoms with Gasteiger partial charge >= 0.3 is 12.1 Å². The molecule has 6 heteroatoms. The van der Waals surface area contributed by atoms with Gasteiger partial charge in [-0.2, -0.15) is 13.2 Å². The average molecular weight is 233 g/mol. The van der Waals surface area contributed by atoms with E-state index in [-0.39, 0.29) is 12.0 Å². The van der Waals surface area contributed by atoms with E-state index >= 15 is 0 Å². The first-order valence-electron chi connectivity index (χ1n) is 4.43. The summed E-state index contributed by atoms with van der Waals surface area (Å²) in [6, 6.07) is 3.11. The molecule has 1 aromatic rings. The first kappa shape index (κ1) is 12.5. The Bertz CT molecular complexity index is 390. The molecule has 16 heavy (non-hydrogen) atoms. The summed E-state index contributed by atoms with van der Waals surface area (Å²) in [5.41, 5.74) is 5.16. The van der Waals surface area contributed by atoms with Gasteiger partial charge in [0.2, 0.25) is 0 Å². The molecule has 3 nitrogen and oxygen atoms in total. The second-order valence-electron chi connectivity index (χ2n) is 3.33. The van der Waals surface area contributed by atoms with Gasteiger partial charge in [-0.1, -0.05) is 24.3 Å². The number of aliphatic carboxylic acids is 1. The van der Waals surface area contributed by atoms with Crippen molar-refractivity contribution in [2.24, 2.45) is 5.73 Å². The third kappa shape index (κ3) is 3.23. The molecule has 0 heterocycles. The van der Waals surface area contributed by atoms with E-state index < -0.39 is 18.2 Å². The monoisotopic (exact) mass is 233 g/mol. The summed E-state index contributed by atoms with van der Waals surface area (Å²) in [7, 11) is 0. The lowest BCUT2D eigenvalue weighted by atomic mass is 10.0. The lowest BCUT2D eigenvalue weighted by molar-refractivity contribution is -0.149. The number of hydrogen-bond donors (Lipinski definition) is 2. The van der Waals surface area contributed by atoms with E-state index in [4.69, 9.17) is 10.8 Å². The van der Waals surface area contributed by atoms with Crippen molar-refractivity contribution in [3.63, 3.8) is 0 Å². The van der Waals surface area contributed by atoms with Crippen LogP contribution in [0, 0.1) is 0 Å². The number of carboxylic acids is 1. The molecule has 0 saturated heterocycles. The largest absolute Gasteiger partial charge is 0.481 e. The van der Waals surface area contributed by atoms with E-state index in [1.807, 2.05) is 0 Å². The highest BCUT2D eigenvalue weighted by Gasteiger charge is 2.37. The number of rotatable bonds is 3. The number of nitrogens with two attached hydrogens (primary N) is 1. The van der Waals surface area contributed by atoms with Crippen molar-refractivity contribution in [2.75, 3.05) is 0 Å². The van der Waals surface area contributed by atoms with Gasteiger partial charge in [-0.3, -0.25) is 4.79 Å². The van der Waals surface area contributed by atoms with Crippen LogP contribution in [0.1, 0.15) is 17.2 Å². The summed E-state index contributed by atoms with van der Waals surface area (Å²) in [5, 5.41) is 8.50. The van der Waals surface area contributed by atoms with Crippen LogP contribution in [0.15, 0.2) is 24.3 Å². The van der Waals surface area contributed by atoms with Crippen molar-refractivity contribution >= 4 is 5.97 Å². The highest BCUT2D eigenvalue weighted by molar-refractivity contribution is 5.70. The van der Waals surface area contributed by atoms with Crippen LogP contribution in [0.4, 0.5) is 13.2 Å². The first-order chi connectivity index (χ1) is 7.30. The number of alkyl halides is 3. The second-order valence-corrected chi connectivity index (χ2v) is 3.33. The molecule has 0 aliphatic rings. The van der Waals surface area contributed by atoms with Gasteiger partial charge in [0.25, 0.3) is 0 Å². The first-order valence-corrected chi connectivity index (χ1v) is 4.43. The third-order valence-electron chi connectivity index (χ3n) is 2.02. The molecular weight excluding hydrogens is 223 g/mol. The highest BCUT2D eigenvalue weighted by atomic mass is 19.4. The minimum atomic E-state index is -4.53. The fourth-order valence-electron chi connectivity index (χ4n) is 1.26. The molecule has 0 unspecified atom stereocenters. The maximum Gasteiger partial charge on any atom is 0.407 e. The average Bonchev–Trinajstić information content (AvgIpc) is 2.14. The maximum atomic E-state index is 12.3. The molecule has 0 fully saturated rings. The zero-order chi connectivity index (χ0) is 12.3. The number of carbonyl (C=O) groups is 1. The van der Waals surface area contributed by atoms with Gasteiger partial charge in [0.1, 0.15) is 6.04 Å². The number of carboxylic acid groups (broad SMARTS) is 1. The van der Waals surface area contributed by atoms with Gasteiger partial charge in [-0.15, -0.1) is 0 Å². The Hall–Kier alpha value is -1.56. The van der Waals surface area contributed by atoms with E-state index in [0.29, 0.717) is 5.56 Å². The topological polar surface area (TPSA) is 63.3 Å². The quantitative estimate of drug-likeness (QED) is 0.837. The van der Waals surface area contributed by atoms with E-state index in [0.717, 1.165) is 6.07 Å². The number of halogens is 3. The van der Waals surface area contributed by atoms with Gasteiger partial charge in [0.05, 0.1) is 6.42 Å². The van der Waals surface area contributed by atoms with Crippen molar-refractivity contribution in [1.82, 2.24) is 0 Å². The maximum absolute atomic E-state index is 12.3. The molecule has 3 N–H and O–H groups in total. The SMILES string of the molecule is N[C@@H](c1cccc(CC(=O)O)c1)C(F)(F)F. The second kappa shape index (κ2) is 4.52. The van der Waals surface area contributed by atoms with Crippen LogP contribution in [0.5, 0.6) is 0 Å². The molecule has 1 rings (SSSR count). The van der Waals surface area contributed by atoms with Crippen LogP contribution in [-0.4, -0.2) is 17.3 Å². The molecule has 0 bridgehead atoms. The Kier molecular flexibility index (Phi) is 3.54. The fraction of sp³-hybridized carbons (Fsp3) is 0.300. The minimum Gasteiger partial charge on any atom is -0.481 e. The lowest BCUT2D eigenvalue weighted by Crippen LogP contribution is -2.28. The molecule has 0 aliphatic carbocycles. The molecule has 0 aromatic heterocycles. The molecule has 1 aromatic carbocycles. The Morgan fingerprint density at radius 3 is 2.56 bits per heavy atom. The molecule has 0 aliphatic heterocycles. The highest BCUT2D eigenvalue weighted by Crippen LogP contribution is 2.30. The summed E-state index contributed by atoms with van der Waals surface area (Å²) in [5.74, 6) is -1.10. The zero-order valence-electron chi connectivity index (χ0n) is 8.16. The third-order valence-corrected chi connectivity index (χ3v) is 2.02. The number of benzene rings is 1. The van der Waals surface area contributed by atoms with E-state index in [2.05, 4.69) is 0 Å². The van der Waals surface area contributed by atoms with Crippen molar-refractivity contribution in [2.45, 2.75) is 18.6 Å². The van der Waals surface area contributed by atoms with Gasteiger partial charge in [0, 0.05) is 0 Å². The summed E-state index contributed by atoms with van der Waals surface area (Å²) in [6.45, 7) is 0. The van der Waals surface area contributed by atoms with Crippen molar-refractivity contribution in [1.29, 1.82) is 0 Å². The van der Waals surface area contributed by atoms with Crippen molar-refractivity contribution < 1.29 is 23.1 Å². The molecule has 88 valence electrons. The molecular formula is C10H10F3NO2. The van der Waals surface area contributed by atoms with Crippen LogP contribution < -0.4 is 5.73 Å². The normalized spacial score (nSPS) is 13.5. The summed E-state index contributed by atoms with van der Waals surface area (Å²) < 4.78 is 36.9. The van der Waals surface area contributed by atoms with Gasteiger partial charge in [0.15, 0.2) is 0 Å². The van der Waals surface area contributed by atoms with Crippen molar-refractivity contribution in [3.8, 4) is 0 Å². The molecule has 0 saturated carbocycles. The smallest absolute Gasteiger partial charge is 0.407 e. The summed E-state index contributed by atoms with van der Waals surface area (Å²) in [6.07, 6.45) is -4.85. The predicted octanol–water partition coefficient (Wildman–Crippen LogP) is 1.88. The van der Waals surface area contributed by atoms with Gasteiger partial charge in [-0.05, 0) is 11.1 Å². The molecule has 0 radical (unpaired) electrons. The van der Waals surface area contributed by atoms with Crippen LogP contribution in [0.25, 0.3) is 0 Å². The lowest BCUT2D eigenvalue weighted by Gasteiger charge is -2.16. The summed E-state index contributed by atoms with van der Waals surface area (Å²) >= 11 is 0. The van der Waals surface area contributed by atoms with Crippen LogP contribution in [-0.2, 0) is 11.2 Å². The summed E-state index contributed by atoms with van der Waals surface area (Å²) in [4.78, 5) is 10.4. The van der Waals surface area contributed by atoms with E-state index in [9.17, 15) is 18.0 Å². The molecule has 0 amide bonds. The Morgan fingerprint density at radius 1 is 1.44 bits per heavy atom. The predicted molar refractivity (Wildman–Crippen MR) is 50.8 cm³/mol. The van der Waals surface area contributed by atoms with Crippen LogP contribution in [0.2, 0.25) is 0 Å².